The van der Waals surface area contributed by atoms with E-state index in [0.717, 1.165) is 175 Å². The smallest absolute Gasteiger partial charge is 0.409 e. The minimum Gasteiger partial charge on any atom is -0.466 e. The van der Waals surface area contributed by atoms with Gasteiger partial charge in [0.05, 0.1) is 58.8 Å². The average molecular weight is 1450 g/mol. The number of hydrogen-bond acceptors (Lipinski definition) is 19. The molecule has 22 nitrogen and oxygen atoms in total. The van der Waals surface area contributed by atoms with Gasteiger partial charge in [-0.25, -0.2) is 4.79 Å². The Bertz CT molecular complexity index is 1920. The topological polar surface area (TPSA) is 212 Å². The zero-order valence-corrected chi connectivity index (χ0v) is 68.8. The fourth-order valence-corrected chi connectivity index (χ4v) is 10.9. The second-order valence-corrected chi connectivity index (χ2v) is 29.2. The number of rotatable bonds is 25. The van der Waals surface area contributed by atoms with Crippen molar-refractivity contribution in [1.29, 1.82) is 0 Å². The molecule has 101 heavy (non-hydrogen) atoms. The van der Waals surface area contributed by atoms with Gasteiger partial charge >= 0.3 is 18.0 Å². The number of ether oxygens (including phenoxy) is 12. The molecule has 1 saturated carbocycles. The number of esters is 2. The highest BCUT2D eigenvalue weighted by molar-refractivity contribution is 5.84. The normalized spacial score (nSPS) is 19.7. The van der Waals surface area contributed by atoms with Crippen molar-refractivity contribution in [3.05, 3.63) is 0 Å². The molecule has 0 aromatic heterocycles. The lowest BCUT2D eigenvalue weighted by Gasteiger charge is -2.36. The Hall–Kier alpha value is -3.29. The number of amides is 3. The van der Waals surface area contributed by atoms with Gasteiger partial charge in [0.1, 0.15) is 11.7 Å². The quantitative estimate of drug-likeness (QED) is 0.0614. The lowest BCUT2D eigenvalue weighted by atomic mass is 9.82. The van der Waals surface area contributed by atoms with Crippen molar-refractivity contribution in [2.75, 3.05) is 199 Å². The second-order valence-electron chi connectivity index (χ2n) is 29.2. The molecule has 0 aromatic rings. The first-order valence-corrected chi connectivity index (χ1v) is 39.6. The van der Waals surface area contributed by atoms with Crippen molar-refractivity contribution < 1.29 is 80.8 Å². The number of nitrogens with zero attached hydrogens (tertiary/aromatic N) is 5. The molecule has 22 heteroatoms. The van der Waals surface area contributed by atoms with Crippen LogP contribution in [0.2, 0.25) is 0 Å². The van der Waals surface area contributed by atoms with E-state index in [1.807, 2.05) is 62.4 Å². The summed E-state index contributed by atoms with van der Waals surface area (Å²) in [5.41, 5.74) is 0.592. The third kappa shape index (κ3) is 54.9. The number of carbonyl (C=O) groups is 5. The van der Waals surface area contributed by atoms with Crippen molar-refractivity contribution in [2.45, 2.75) is 252 Å². The van der Waals surface area contributed by atoms with E-state index in [2.05, 4.69) is 93.1 Å². The van der Waals surface area contributed by atoms with E-state index in [1.54, 1.807) is 14.7 Å². The van der Waals surface area contributed by atoms with Gasteiger partial charge in [-0.15, -0.1) is 0 Å². The lowest BCUT2D eigenvalue weighted by molar-refractivity contribution is -0.157. The van der Waals surface area contributed by atoms with Gasteiger partial charge in [0, 0.05) is 144 Å². The maximum Gasteiger partial charge on any atom is 0.409 e. The molecule has 0 spiro atoms. The third-order valence-corrected chi connectivity index (χ3v) is 18.4. The molecule has 8 rings (SSSR count). The summed E-state index contributed by atoms with van der Waals surface area (Å²) in [6, 6.07) is 0. The predicted molar refractivity (Wildman–Crippen MR) is 407 cm³/mol. The van der Waals surface area contributed by atoms with E-state index in [1.165, 1.54) is 58.0 Å². The van der Waals surface area contributed by atoms with E-state index in [4.69, 9.17) is 56.8 Å². The van der Waals surface area contributed by atoms with E-state index < -0.39 is 5.60 Å². The molecule has 0 radical (unpaired) electrons. The van der Waals surface area contributed by atoms with Crippen LogP contribution in [0.1, 0.15) is 234 Å². The number of morpholine rings is 1. The minimum absolute atomic E-state index is 0.0223. The fraction of sp³-hybridized carbons (Fsp3) is 0.937. The maximum atomic E-state index is 12.0. The van der Waals surface area contributed by atoms with Crippen LogP contribution in [0, 0.1) is 34.5 Å². The van der Waals surface area contributed by atoms with E-state index >= 15 is 0 Å². The third-order valence-electron chi connectivity index (χ3n) is 18.4. The molecule has 2 unspecified atom stereocenters. The summed E-state index contributed by atoms with van der Waals surface area (Å²) in [4.78, 5) is 66.5. The molecule has 8 aliphatic rings. The molecule has 7 aliphatic heterocycles. The van der Waals surface area contributed by atoms with Crippen LogP contribution in [-0.4, -0.2) is 271 Å². The molecule has 600 valence electrons. The predicted octanol–water partition coefficient (Wildman–Crippen LogP) is 13.7. The monoisotopic (exact) mass is 1450 g/mol. The summed E-state index contributed by atoms with van der Waals surface area (Å²) in [6.45, 7) is 59.4. The largest absolute Gasteiger partial charge is 0.466 e. The van der Waals surface area contributed by atoms with E-state index in [0.29, 0.717) is 88.9 Å². The standard InChI is InChI=1S/C10H19NO3.C10H21NO.C9H17NO2.C9H19NO.2C8H14O3.C7H13NO2.2C6H14O.C6H12/c1-4-14-10(2,3)9(12)11-5-7-13-8-6-11;1-4-11(3)9-10(2)5-7-12-8-6-10;1-3-10(2)9(11)8-4-6-12-7-5-8;1-3-10(2)8-9-4-6-11-7-5-9;1-2-11-8(9)5-7-3-4-10-6-7;1-2-3-8(9)11-7-4-5-10-6-7;1-2-10-7(9)8-5-3-4-6-8;1-4-7-5-6(2)3;1-4-5-7-6(2)3;1-3-6(2)4-5-6/h4-8H2,1-3H3;4-9H2,1-3H3;8H,3-7H2,1-2H3;9H,3-8H2,1-2H3;2*7H,2-6H2,1H3;2-6H2,1H3;2*6H,4-5H2,1-3H3;3-5H2,1-2H3. The van der Waals surface area contributed by atoms with Gasteiger partial charge in [-0.2, -0.15) is 0 Å². The summed E-state index contributed by atoms with van der Waals surface area (Å²) in [6.07, 6.45) is 18.5. The van der Waals surface area contributed by atoms with Crippen LogP contribution < -0.4 is 0 Å². The van der Waals surface area contributed by atoms with Crippen molar-refractivity contribution in [3.8, 4) is 0 Å². The lowest BCUT2D eigenvalue weighted by Crippen LogP contribution is -2.51. The van der Waals surface area contributed by atoms with Crippen LogP contribution in [0.25, 0.3) is 0 Å². The van der Waals surface area contributed by atoms with Crippen LogP contribution in [0.3, 0.4) is 0 Å². The van der Waals surface area contributed by atoms with E-state index in [9.17, 15) is 24.0 Å². The van der Waals surface area contributed by atoms with Gasteiger partial charge in [0.25, 0.3) is 5.91 Å². The van der Waals surface area contributed by atoms with Crippen LogP contribution >= 0.6 is 0 Å². The van der Waals surface area contributed by atoms with Gasteiger partial charge in [0.15, 0.2) is 0 Å². The van der Waals surface area contributed by atoms with E-state index in [-0.39, 0.29) is 41.9 Å². The second kappa shape index (κ2) is 62.9. The van der Waals surface area contributed by atoms with Gasteiger partial charge in [-0.05, 0) is 202 Å². The minimum atomic E-state index is -0.702. The molecule has 2 atom stereocenters. The van der Waals surface area contributed by atoms with Crippen LogP contribution in [0.15, 0.2) is 0 Å². The molecule has 1 aliphatic carbocycles. The zero-order valence-electron chi connectivity index (χ0n) is 68.8. The average Bonchev–Trinajstić information content (AvgIpc) is 1.79. The van der Waals surface area contributed by atoms with Crippen LogP contribution in [0.4, 0.5) is 4.79 Å². The number of carbonyl (C=O) groups excluding carboxylic acids is 5. The molecule has 0 aromatic carbocycles. The first-order valence-electron chi connectivity index (χ1n) is 39.6. The van der Waals surface area contributed by atoms with Crippen LogP contribution in [0.5, 0.6) is 0 Å². The number of likely N-dealkylation sites (tertiary alicyclic amines) is 1. The molecular formula is C79H157N5O17. The Kier molecular flexibility index (Phi) is 62.1. The summed E-state index contributed by atoms with van der Waals surface area (Å²) >= 11 is 0. The van der Waals surface area contributed by atoms with Crippen molar-refractivity contribution in [2.24, 2.45) is 34.5 Å². The number of hydrogen-bond donors (Lipinski definition) is 0. The first kappa shape index (κ1) is 99.8. The van der Waals surface area contributed by atoms with Crippen molar-refractivity contribution in [1.82, 2.24) is 24.5 Å². The molecule has 7 saturated heterocycles. The Morgan fingerprint density at radius 2 is 1.08 bits per heavy atom. The SMILES string of the molecule is CCC1(C)CC1.CCCC(=O)OC1CCOC1.CCCOC(C)C.CCN(C)C(=O)C1CCOCC1.CCN(C)CC1(C)CCOCC1.CCN(C)CC1CCOCC1.CCOC(=O)CC1CCOC1.CCOC(=O)N1CCCC1.CCOC(C)(C)C(=O)N1CCOCC1.CCOCC(C)C. The Morgan fingerprint density at radius 1 is 0.545 bits per heavy atom. The highest BCUT2D eigenvalue weighted by atomic mass is 16.6. The molecule has 0 N–H and O–H groups in total. The summed E-state index contributed by atoms with van der Waals surface area (Å²) in [5, 5.41) is 0. The Labute approximate surface area is 617 Å². The van der Waals surface area contributed by atoms with Crippen LogP contribution in [-0.2, 0) is 76.0 Å². The summed E-state index contributed by atoms with van der Waals surface area (Å²) in [5.74, 6) is 2.32. The highest BCUT2D eigenvalue weighted by Gasteiger charge is 2.35. The molecule has 3 amide bonds. The zero-order chi connectivity index (χ0) is 76.3. The van der Waals surface area contributed by atoms with Crippen molar-refractivity contribution >= 4 is 29.8 Å². The van der Waals surface area contributed by atoms with Gasteiger partial charge in [-0.1, -0.05) is 68.7 Å². The molecule has 0 bridgehead atoms. The molecule has 8 fully saturated rings. The first-order chi connectivity index (χ1) is 48.1. The highest BCUT2D eigenvalue weighted by Crippen LogP contribution is 2.47. The van der Waals surface area contributed by atoms with Gasteiger partial charge < -0.3 is 81.3 Å². The molecule has 7 heterocycles. The summed E-state index contributed by atoms with van der Waals surface area (Å²) < 4.78 is 61.6. The van der Waals surface area contributed by atoms with Gasteiger partial charge in [-0.3, -0.25) is 19.2 Å². The maximum absolute atomic E-state index is 12.0. The Balaban J connectivity index is 0. The summed E-state index contributed by atoms with van der Waals surface area (Å²) in [7, 11) is 6.24. The van der Waals surface area contributed by atoms with Crippen molar-refractivity contribution in [3.63, 3.8) is 0 Å². The molecular weight excluding hydrogens is 1290 g/mol. The fourth-order valence-electron chi connectivity index (χ4n) is 10.9. The Morgan fingerprint density at radius 3 is 1.50 bits per heavy atom. The van der Waals surface area contributed by atoms with Gasteiger partial charge in [0.2, 0.25) is 5.91 Å².